The molecule has 104 valence electrons. The van der Waals surface area contributed by atoms with Gasteiger partial charge in [0.05, 0.1) is 5.56 Å². The number of hydrogen-bond donors (Lipinski definition) is 1. The smallest absolute Gasteiger partial charge is 0.258 e. The average Bonchev–Trinajstić information content (AvgIpc) is 2.45. The van der Waals surface area contributed by atoms with Crippen LogP contribution in [0.3, 0.4) is 0 Å². The van der Waals surface area contributed by atoms with E-state index in [4.69, 9.17) is 0 Å². The summed E-state index contributed by atoms with van der Waals surface area (Å²) in [4.78, 5) is 14.3. The lowest BCUT2D eigenvalue weighted by Crippen LogP contribution is -2.36. The van der Waals surface area contributed by atoms with Crippen molar-refractivity contribution in [1.82, 2.24) is 4.90 Å². The van der Waals surface area contributed by atoms with Gasteiger partial charge in [0.2, 0.25) is 0 Å². The molecule has 0 saturated heterocycles. The van der Waals surface area contributed by atoms with Crippen molar-refractivity contribution < 1.29 is 9.90 Å². The minimum Gasteiger partial charge on any atom is -0.507 e. The van der Waals surface area contributed by atoms with Crippen LogP contribution >= 0.6 is 0 Å². The standard InChI is InChI=1S/C17H19NO2/c1-13(2)18(12-14-8-4-3-5-9-14)17(20)15-10-6-7-11-16(15)19/h3-11,13,19H,12H2,1-2H3. The van der Waals surface area contributed by atoms with E-state index in [1.807, 2.05) is 44.2 Å². The molecule has 0 heterocycles. The molecule has 20 heavy (non-hydrogen) atoms. The highest BCUT2D eigenvalue weighted by atomic mass is 16.3. The van der Waals surface area contributed by atoms with Crippen LogP contribution in [0.25, 0.3) is 0 Å². The van der Waals surface area contributed by atoms with Crippen molar-refractivity contribution >= 4 is 5.91 Å². The van der Waals surface area contributed by atoms with E-state index in [9.17, 15) is 9.90 Å². The van der Waals surface area contributed by atoms with E-state index in [0.29, 0.717) is 12.1 Å². The fourth-order valence-electron chi connectivity index (χ4n) is 2.08. The highest BCUT2D eigenvalue weighted by Gasteiger charge is 2.21. The summed E-state index contributed by atoms with van der Waals surface area (Å²) in [5.41, 5.74) is 1.42. The minimum absolute atomic E-state index is 0.0243. The molecule has 1 N–H and O–H groups in total. The maximum absolute atomic E-state index is 12.6. The number of phenolic OH excluding ortho intramolecular Hbond substituents is 1. The normalized spacial score (nSPS) is 10.6. The molecule has 0 saturated carbocycles. The van der Waals surface area contributed by atoms with Gasteiger partial charge in [0, 0.05) is 12.6 Å². The molecule has 0 aliphatic rings. The van der Waals surface area contributed by atoms with E-state index in [2.05, 4.69) is 0 Å². The van der Waals surface area contributed by atoms with Gasteiger partial charge in [0.25, 0.3) is 5.91 Å². The number of benzene rings is 2. The Morgan fingerprint density at radius 3 is 2.25 bits per heavy atom. The van der Waals surface area contributed by atoms with Gasteiger partial charge < -0.3 is 10.0 Å². The molecule has 0 spiro atoms. The van der Waals surface area contributed by atoms with Crippen LogP contribution in [0.4, 0.5) is 0 Å². The third kappa shape index (κ3) is 3.18. The zero-order valence-electron chi connectivity index (χ0n) is 11.8. The predicted molar refractivity (Wildman–Crippen MR) is 79.6 cm³/mol. The summed E-state index contributed by atoms with van der Waals surface area (Å²) in [6, 6.07) is 16.6. The molecule has 2 rings (SSSR count). The second kappa shape index (κ2) is 6.24. The Morgan fingerprint density at radius 2 is 1.65 bits per heavy atom. The number of para-hydroxylation sites is 1. The predicted octanol–water partition coefficient (Wildman–Crippen LogP) is 3.44. The van der Waals surface area contributed by atoms with E-state index < -0.39 is 0 Å². The fourth-order valence-corrected chi connectivity index (χ4v) is 2.08. The number of carbonyl (C=O) groups excluding carboxylic acids is 1. The number of hydrogen-bond acceptors (Lipinski definition) is 2. The van der Waals surface area contributed by atoms with Gasteiger partial charge in [-0.05, 0) is 31.5 Å². The molecule has 0 aliphatic heterocycles. The van der Waals surface area contributed by atoms with E-state index in [1.54, 1.807) is 23.1 Å². The first kappa shape index (κ1) is 14.1. The summed E-state index contributed by atoms with van der Waals surface area (Å²) in [6.07, 6.45) is 0. The lowest BCUT2D eigenvalue weighted by atomic mass is 10.1. The summed E-state index contributed by atoms with van der Waals surface area (Å²) >= 11 is 0. The Hall–Kier alpha value is -2.29. The number of carbonyl (C=O) groups is 1. The average molecular weight is 269 g/mol. The summed E-state index contributed by atoms with van der Waals surface area (Å²) in [5, 5.41) is 9.83. The molecule has 3 heteroatoms. The largest absolute Gasteiger partial charge is 0.507 e. The number of aromatic hydroxyl groups is 1. The van der Waals surface area contributed by atoms with Crippen LogP contribution in [-0.4, -0.2) is 22.0 Å². The van der Waals surface area contributed by atoms with Gasteiger partial charge in [-0.1, -0.05) is 42.5 Å². The summed E-state index contributed by atoms with van der Waals surface area (Å²) in [5.74, 6) is -0.127. The molecule has 3 nitrogen and oxygen atoms in total. The summed E-state index contributed by atoms with van der Waals surface area (Å²) in [6.45, 7) is 4.48. The quantitative estimate of drug-likeness (QED) is 0.923. The van der Waals surface area contributed by atoms with Crippen LogP contribution in [0.5, 0.6) is 5.75 Å². The lowest BCUT2D eigenvalue weighted by molar-refractivity contribution is 0.0687. The first-order chi connectivity index (χ1) is 9.59. The molecular formula is C17H19NO2. The minimum atomic E-state index is -0.151. The SMILES string of the molecule is CC(C)N(Cc1ccccc1)C(=O)c1ccccc1O. The zero-order chi connectivity index (χ0) is 14.5. The van der Waals surface area contributed by atoms with E-state index in [1.165, 1.54) is 6.07 Å². The van der Waals surface area contributed by atoms with E-state index in [-0.39, 0.29) is 17.7 Å². The Morgan fingerprint density at radius 1 is 1.05 bits per heavy atom. The molecule has 0 aromatic heterocycles. The Balaban J connectivity index is 2.25. The van der Waals surface area contributed by atoms with Crippen molar-refractivity contribution in [2.45, 2.75) is 26.4 Å². The van der Waals surface area contributed by atoms with Crippen molar-refractivity contribution in [2.24, 2.45) is 0 Å². The molecule has 1 amide bonds. The van der Waals surface area contributed by atoms with E-state index >= 15 is 0 Å². The first-order valence-electron chi connectivity index (χ1n) is 6.72. The molecular weight excluding hydrogens is 250 g/mol. The molecule has 0 radical (unpaired) electrons. The van der Waals surface area contributed by atoms with Crippen LogP contribution in [-0.2, 0) is 6.54 Å². The third-order valence-corrected chi connectivity index (χ3v) is 3.21. The monoisotopic (exact) mass is 269 g/mol. The van der Waals surface area contributed by atoms with Crippen LogP contribution in [0.1, 0.15) is 29.8 Å². The van der Waals surface area contributed by atoms with Gasteiger partial charge in [-0.3, -0.25) is 4.79 Å². The molecule has 0 atom stereocenters. The van der Waals surface area contributed by atoms with Crippen molar-refractivity contribution in [3.05, 3.63) is 65.7 Å². The lowest BCUT2D eigenvalue weighted by Gasteiger charge is -2.27. The summed E-state index contributed by atoms with van der Waals surface area (Å²) < 4.78 is 0. The van der Waals surface area contributed by atoms with Gasteiger partial charge in [-0.2, -0.15) is 0 Å². The maximum atomic E-state index is 12.6. The highest BCUT2D eigenvalue weighted by molar-refractivity contribution is 5.96. The molecule has 0 fully saturated rings. The van der Waals surface area contributed by atoms with Gasteiger partial charge in [-0.25, -0.2) is 0 Å². The van der Waals surface area contributed by atoms with E-state index in [0.717, 1.165) is 5.56 Å². The Labute approximate surface area is 119 Å². The summed E-state index contributed by atoms with van der Waals surface area (Å²) in [7, 11) is 0. The maximum Gasteiger partial charge on any atom is 0.258 e. The number of nitrogens with zero attached hydrogens (tertiary/aromatic N) is 1. The van der Waals surface area contributed by atoms with Crippen LogP contribution in [0.2, 0.25) is 0 Å². The topological polar surface area (TPSA) is 40.5 Å². The zero-order valence-corrected chi connectivity index (χ0v) is 11.8. The van der Waals surface area contributed by atoms with Crippen molar-refractivity contribution in [3.63, 3.8) is 0 Å². The van der Waals surface area contributed by atoms with Gasteiger partial charge in [-0.15, -0.1) is 0 Å². The van der Waals surface area contributed by atoms with Crippen LogP contribution in [0.15, 0.2) is 54.6 Å². The van der Waals surface area contributed by atoms with Crippen LogP contribution < -0.4 is 0 Å². The Bertz CT molecular complexity index is 579. The first-order valence-corrected chi connectivity index (χ1v) is 6.72. The second-order valence-electron chi connectivity index (χ2n) is 5.03. The number of rotatable bonds is 4. The fraction of sp³-hybridized carbons (Fsp3) is 0.235. The molecule has 0 unspecified atom stereocenters. The van der Waals surface area contributed by atoms with Crippen molar-refractivity contribution in [3.8, 4) is 5.75 Å². The third-order valence-electron chi connectivity index (χ3n) is 3.21. The van der Waals surface area contributed by atoms with Crippen molar-refractivity contribution in [2.75, 3.05) is 0 Å². The molecule has 0 bridgehead atoms. The molecule has 0 aliphatic carbocycles. The Kier molecular flexibility index (Phi) is 4.41. The van der Waals surface area contributed by atoms with Gasteiger partial charge >= 0.3 is 0 Å². The van der Waals surface area contributed by atoms with Gasteiger partial charge in [0.15, 0.2) is 0 Å². The second-order valence-corrected chi connectivity index (χ2v) is 5.03. The van der Waals surface area contributed by atoms with Crippen LogP contribution in [0, 0.1) is 0 Å². The molecule has 2 aromatic rings. The van der Waals surface area contributed by atoms with Gasteiger partial charge in [0.1, 0.15) is 5.75 Å². The number of phenols is 1. The van der Waals surface area contributed by atoms with Crippen molar-refractivity contribution in [1.29, 1.82) is 0 Å². The molecule has 2 aromatic carbocycles. The number of amides is 1. The highest BCUT2D eigenvalue weighted by Crippen LogP contribution is 2.20.